The van der Waals surface area contributed by atoms with Crippen LogP contribution in [0.4, 0.5) is 10.5 Å². The monoisotopic (exact) mass is 236 g/mol. The van der Waals surface area contributed by atoms with E-state index < -0.39 is 0 Å². The minimum atomic E-state index is -0.196. The number of nitrogens with one attached hydrogen (secondary N) is 2. The third-order valence-electron chi connectivity index (χ3n) is 2.55. The smallest absolute Gasteiger partial charge is 0.319 e. The van der Waals surface area contributed by atoms with E-state index in [0.29, 0.717) is 13.2 Å². The number of aryl methyl sites for hydroxylation is 2. The number of amides is 2. The van der Waals surface area contributed by atoms with Gasteiger partial charge in [-0.15, -0.1) is 0 Å². The van der Waals surface area contributed by atoms with Gasteiger partial charge in [-0.1, -0.05) is 19.1 Å². The Morgan fingerprint density at radius 1 is 1.41 bits per heavy atom. The van der Waals surface area contributed by atoms with Gasteiger partial charge < -0.3 is 15.4 Å². The highest BCUT2D eigenvalue weighted by atomic mass is 16.5. The summed E-state index contributed by atoms with van der Waals surface area (Å²) in [5.74, 6) is 0. The Labute approximate surface area is 102 Å². The largest absolute Gasteiger partial charge is 0.383 e. The van der Waals surface area contributed by atoms with E-state index in [1.54, 1.807) is 7.11 Å². The average Bonchev–Trinajstić information content (AvgIpc) is 2.32. The normalized spacial score (nSPS) is 10.1. The quantitative estimate of drug-likeness (QED) is 0.771. The molecule has 2 N–H and O–H groups in total. The Bertz CT molecular complexity index is 378. The number of anilines is 1. The molecular weight excluding hydrogens is 216 g/mol. The van der Waals surface area contributed by atoms with Gasteiger partial charge in [-0.25, -0.2) is 4.79 Å². The van der Waals surface area contributed by atoms with Crippen LogP contribution in [0.1, 0.15) is 18.1 Å². The molecule has 0 radical (unpaired) electrons. The van der Waals surface area contributed by atoms with Gasteiger partial charge in [0.1, 0.15) is 0 Å². The van der Waals surface area contributed by atoms with E-state index in [2.05, 4.69) is 23.6 Å². The molecule has 17 heavy (non-hydrogen) atoms. The van der Waals surface area contributed by atoms with Crippen LogP contribution in [0.3, 0.4) is 0 Å². The van der Waals surface area contributed by atoms with Crippen molar-refractivity contribution in [1.29, 1.82) is 0 Å². The van der Waals surface area contributed by atoms with Crippen molar-refractivity contribution in [1.82, 2.24) is 5.32 Å². The van der Waals surface area contributed by atoms with Crippen molar-refractivity contribution in [3.63, 3.8) is 0 Å². The zero-order valence-corrected chi connectivity index (χ0v) is 10.7. The van der Waals surface area contributed by atoms with E-state index in [4.69, 9.17) is 4.74 Å². The molecule has 0 fully saturated rings. The maximum atomic E-state index is 11.6. The zero-order chi connectivity index (χ0) is 12.7. The van der Waals surface area contributed by atoms with Crippen molar-refractivity contribution in [3.8, 4) is 0 Å². The van der Waals surface area contributed by atoms with Crippen LogP contribution in [0, 0.1) is 6.92 Å². The van der Waals surface area contributed by atoms with Crippen LogP contribution in [-0.2, 0) is 11.2 Å². The second-order valence-corrected chi connectivity index (χ2v) is 3.88. The van der Waals surface area contributed by atoms with Crippen LogP contribution in [0.25, 0.3) is 0 Å². The highest BCUT2D eigenvalue weighted by Crippen LogP contribution is 2.16. The number of hydrogen-bond acceptors (Lipinski definition) is 2. The van der Waals surface area contributed by atoms with Crippen LogP contribution in [0.15, 0.2) is 18.2 Å². The molecule has 0 bridgehead atoms. The summed E-state index contributed by atoms with van der Waals surface area (Å²) in [5.41, 5.74) is 3.13. The van der Waals surface area contributed by atoms with Crippen molar-refractivity contribution in [2.45, 2.75) is 20.3 Å². The molecular formula is C13H20N2O2. The summed E-state index contributed by atoms with van der Waals surface area (Å²) >= 11 is 0. The van der Waals surface area contributed by atoms with Gasteiger partial charge in [-0.3, -0.25) is 0 Å². The van der Waals surface area contributed by atoms with Crippen molar-refractivity contribution < 1.29 is 9.53 Å². The van der Waals surface area contributed by atoms with Gasteiger partial charge in [0.25, 0.3) is 0 Å². The van der Waals surface area contributed by atoms with Crippen molar-refractivity contribution in [2.75, 3.05) is 25.6 Å². The van der Waals surface area contributed by atoms with Crippen molar-refractivity contribution >= 4 is 11.7 Å². The summed E-state index contributed by atoms with van der Waals surface area (Å²) in [6.07, 6.45) is 0.959. The number of urea groups is 1. The highest BCUT2D eigenvalue weighted by molar-refractivity contribution is 5.90. The number of rotatable bonds is 5. The lowest BCUT2D eigenvalue weighted by Gasteiger charge is -2.11. The number of benzene rings is 1. The van der Waals surface area contributed by atoms with Gasteiger partial charge >= 0.3 is 6.03 Å². The number of carbonyl (C=O) groups excluding carboxylic acids is 1. The maximum absolute atomic E-state index is 11.6. The first-order valence-electron chi connectivity index (χ1n) is 5.80. The molecule has 0 atom stereocenters. The van der Waals surface area contributed by atoms with Crippen LogP contribution in [-0.4, -0.2) is 26.3 Å². The number of hydrogen-bond donors (Lipinski definition) is 2. The fourth-order valence-corrected chi connectivity index (χ4v) is 1.46. The molecule has 0 aliphatic carbocycles. The van der Waals surface area contributed by atoms with Crippen LogP contribution >= 0.6 is 0 Å². The van der Waals surface area contributed by atoms with Gasteiger partial charge in [0, 0.05) is 19.3 Å². The first-order valence-corrected chi connectivity index (χ1v) is 5.80. The van der Waals surface area contributed by atoms with Crippen molar-refractivity contribution in [2.24, 2.45) is 0 Å². The molecule has 0 aromatic heterocycles. The van der Waals surface area contributed by atoms with Crippen LogP contribution < -0.4 is 10.6 Å². The van der Waals surface area contributed by atoms with Gasteiger partial charge in [0.2, 0.25) is 0 Å². The van der Waals surface area contributed by atoms with Crippen LogP contribution in [0.2, 0.25) is 0 Å². The second-order valence-electron chi connectivity index (χ2n) is 3.88. The average molecular weight is 236 g/mol. The number of methoxy groups -OCH3 is 1. The Balaban J connectivity index is 2.57. The predicted octanol–water partition coefficient (Wildman–Crippen LogP) is 2.33. The maximum Gasteiger partial charge on any atom is 0.319 e. The summed E-state index contributed by atoms with van der Waals surface area (Å²) in [6, 6.07) is 5.90. The van der Waals surface area contributed by atoms with Gasteiger partial charge in [0.05, 0.1) is 6.61 Å². The molecule has 2 amide bonds. The molecule has 4 heteroatoms. The molecule has 0 aliphatic rings. The molecule has 0 saturated heterocycles. The first kappa shape index (κ1) is 13.5. The van der Waals surface area contributed by atoms with E-state index in [1.807, 2.05) is 19.1 Å². The summed E-state index contributed by atoms with van der Waals surface area (Å²) in [4.78, 5) is 11.6. The molecule has 4 nitrogen and oxygen atoms in total. The molecule has 1 aromatic rings. The summed E-state index contributed by atoms with van der Waals surface area (Å²) in [7, 11) is 1.61. The van der Waals surface area contributed by atoms with E-state index in [0.717, 1.165) is 17.7 Å². The minimum Gasteiger partial charge on any atom is -0.383 e. The second kappa shape index (κ2) is 6.91. The summed E-state index contributed by atoms with van der Waals surface area (Å²) in [5, 5.41) is 5.56. The highest BCUT2D eigenvalue weighted by Gasteiger charge is 2.04. The van der Waals surface area contributed by atoms with E-state index in [1.165, 1.54) is 5.56 Å². The summed E-state index contributed by atoms with van der Waals surface area (Å²) < 4.78 is 4.86. The lowest BCUT2D eigenvalue weighted by molar-refractivity contribution is 0.198. The Hall–Kier alpha value is -1.55. The number of ether oxygens (including phenoxy) is 1. The molecule has 0 unspecified atom stereocenters. The summed E-state index contributed by atoms with van der Waals surface area (Å²) in [6.45, 7) is 5.09. The molecule has 94 valence electrons. The van der Waals surface area contributed by atoms with E-state index >= 15 is 0 Å². The first-order chi connectivity index (χ1) is 8.17. The Kier molecular flexibility index (Phi) is 5.49. The number of carbonyl (C=O) groups is 1. The molecule has 1 aromatic carbocycles. The van der Waals surface area contributed by atoms with Gasteiger partial charge in [-0.05, 0) is 30.5 Å². The van der Waals surface area contributed by atoms with Gasteiger partial charge in [0.15, 0.2) is 0 Å². The predicted molar refractivity (Wildman–Crippen MR) is 69.5 cm³/mol. The Morgan fingerprint density at radius 3 is 2.82 bits per heavy atom. The fourth-order valence-electron chi connectivity index (χ4n) is 1.46. The van der Waals surface area contributed by atoms with E-state index in [9.17, 15) is 4.79 Å². The minimum absolute atomic E-state index is 0.196. The Morgan fingerprint density at radius 2 is 2.18 bits per heavy atom. The molecule has 0 heterocycles. The SMILES string of the molecule is CCc1ccc(C)c(NC(=O)NCCOC)c1. The molecule has 0 saturated carbocycles. The third kappa shape index (κ3) is 4.44. The lowest BCUT2D eigenvalue weighted by Crippen LogP contribution is -2.31. The molecule has 1 rings (SSSR count). The third-order valence-corrected chi connectivity index (χ3v) is 2.55. The van der Waals surface area contributed by atoms with Gasteiger partial charge in [-0.2, -0.15) is 0 Å². The molecule has 0 spiro atoms. The van der Waals surface area contributed by atoms with E-state index in [-0.39, 0.29) is 6.03 Å². The molecule has 0 aliphatic heterocycles. The standard InChI is InChI=1S/C13H20N2O2/c1-4-11-6-5-10(2)12(9-11)15-13(16)14-7-8-17-3/h5-6,9H,4,7-8H2,1-3H3,(H2,14,15,16). The fraction of sp³-hybridized carbons (Fsp3) is 0.462. The topological polar surface area (TPSA) is 50.4 Å². The van der Waals surface area contributed by atoms with Crippen LogP contribution in [0.5, 0.6) is 0 Å². The van der Waals surface area contributed by atoms with Crippen molar-refractivity contribution in [3.05, 3.63) is 29.3 Å². The lowest BCUT2D eigenvalue weighted by atomic mass is 10.1. The zero-order valence-electron chi connectivity index (χ0n) is 10.7.